The Balaban J connectivity index is 2.23. The van der Waals surface area contributed by atoms with E-state index in [0.717, 1.165) is 25.1 Å². The highest BCUT2D eigenvalue weighted by Crippen LogP contribution is 2.29. The number of hydrogen-bond donors (Lipinski definition) is 1. The summed E-state index contributed by atoms with van der Waals surface area (Å²) in [7, 11) is 0. The van der Waals surface area contributed by atoms with E-state index in [1.54, 1.807) is 12.1 Å². The van der Waals surface area contributed by atoms with Crippen molar-refractivity contribution < 1.29 is 9.90 Å². The van der Waals surface area contributed by atoms with Gasteiger partial charge in [0.1, 0.15) is 0 Å². The molecule has 4 heteroatoms. The van der Waals surface area contributed by atoms with Crippen LogP contribution in [0.3, 0.4) is 0 Å². The van der Waals surface area contributed by atoms with Crippen LogP contribution in [0.1, 0.15) is 30.1 Å². The van der Waals surface area contributed by atoms with Crippen molar-refractivity contribution in [1.82, 2.24) is 0 Å². The van der Waals surface area contributed by atoms with E-state index in [9.17, 15) is 9.90 Å². The molecule has 1 aromatic carbocycles. The number of anilines is 1. The van der Waals surface area contributed by atoms with Crippen molar-refractivity contribution in [3.63, 3.8) is 0 Å². The van der Waals surface area contributed by atoms with Gasteiger partial charge in [0, 0.05) is 29.4 Å². The van der Waals surface area contributed by atoms with Gasteiger partial charge in [-0.15, -0.1) is 0 Å². The van der Waals surface area contributed by atoms with Crippen LogP contribution in [-0.4, -0.2) is 30.1 Å². The smallest absolute Gasteiger partial charge is 0.152 e. The summed E-state index contributed by atoms with van der Waals surface area (Å²) in [4.78, 5) is 13.1. The Labute approximate surface area is 106 Å². The average molecular weight is 254 g/mol. The van der Waals surface area contributed by atoms with Gasteiger partial charge >= 0.3 is 0 Å². The molecule has 0 atom stereocenters. The molecule has 2 rings (SSSR count). The van der Waals surface area contributed by atoms with Gasteiger partial charge in [-0.2, -0.15) is 0 Å². The molecule has 1 aliphatic heterocycles. The third-order valence-corrected chi connectivity index (χ3v) is 3.54. The van der Waals surface area contributed by atoms with E-state index >= 15 is 0 Å². The lowest BCUT2D eigenvalue weighted by Gasteiger charge is -2.37. The van der Waals surface area contributed by atoms with Gasteiger partial charge in [0.15, 0.2) is 6.29 Å². The van der Waals surface area contributed by atoms with Crippen LogP contribution in [0.15, 0.2) is 18.2 Å². The van der Waals surface area contributed by atoms with Crippen LogP contribution < -0.4 is 4.90 Å². The fourth-order valence-corrected chi connectivity index (χ4v) is 2.29. The second kappa shape index (κ2) is 4.67. The lowest BCUT2D eigenvalue weighted by molar-refractivity contribution is 0.0351. The molecule has 1 N–H and O–H groups in total. The molecule has 0 unspecified atom stereocenters. The Bertz CT molecular complexity index is 421. The molecule has 92 valence electrons. The van der Waals surface area contributed by atoms with Crippen molar-refractivity contribution >= 4 is 23.6 Å². The molecule has 1 fully saturated rings. The van der Waals surface area contributed by atoms with Crippen molar-refractivity contribution in [2.24, 2.45) is 0 Å². The van der Waals surface area contributed by atoms with E-state index in [0.29, 0.717) is 23.4 Å². The van der Waals surface area contributed by atoms with E-state index in [1.165, 1.54) is 0 Å². The summed E-state index contributed by atoms with van der Waals surface area (Å²) in [6.45, 7) is 3.34. The van der Waals surface area contributed by atoms with Crippen LogP contribution in [0.2, 0.25) is 5.02 Å². The molecule has 0 radical (unpaired) electrons. The summed E-state index contributed by atoms with van der Waals surface area (Å²) in [6.07, 6.45) is 2.26. The Morgan fingerprint density at radius 2 is 2.06 bits per heavy atom. The summed E-state index contributed by atoms with van der Waals surface area (Å²) >= 11 is 5.96. The molecule has 0 saturated carbocycles. The first-order valence-electron chi connectivity index (χ1n) is 5.74. The van der Waals surface area contributed by atoms with Crippen molar-refractivity contribution in [3.8, 4) is 0 Å². The first-order chi connectivity index (χ1) is 8.02. The number of benzene rings is 1. The molecule has 1 aliphatic rings. The summed E-state index contributed by atoms with van der Waals surface area (Å²) in [5.74, 6) is 0. The Kier molecular flexibility index (Phi) is 3.40. The first kappa shape index (κ1) is 12.4. The highest BCUT2D eigenvalue weighted by Gasteiger charge is 2.28. The predicted molar refractivity (Wildman–Crippen MR) is 68.9 cm³/mol. The monoisotopic (exact) mass is 253 g/mol. The highest BCUT2D eigenvalue weighted by molar-refractivity contribution is 6.31. The van der Waals surface area contributed by atoms with E-state index in [1.807, 2.05) is 13.0 Å². The minimum absolute atomic E-state index is 0.587. The molecule has 3 nitrogen and oxygen atoms in total. The molecular weight excluding hydrogens is 238 g/mol. The zero-order valence-electron chi connectivity index (χ0n) is 9.82. The van der Waals surface area contributed by atoms with Crippen LogP contribution in [0, 0.1) is 0 Å². The number of rotatable bonds is 2. The lowest BCUT2D eigenvalue weighted by Crippen LogP contribution is -2.42. The molecule has 17 heavy (non-hydrogen) atoms. The van der Waals surface area contributed by atoms with Crippen molar-refractivity contribution in [2.75, 3.05) is 18.0 Å². The quantitative estimate of drug-likeness (QED) is 0.824. The zero-order chi connectivity index (χ0) is 12.5. The largest absolute Gasteiger partial charge is 0.390 e. The fraction of sp³-hybridized carbons (Fsp3) is 0.462. The third kappa shape index (κ3) is 2.79. The standard InChI is InChI=1S/C13H16ClNO2/c1-13(17)4-6-15(7-5-13)12-8-11(14)3-2-10(12)9-16/h2-3,8-9,17H,4-7H2,1H3. The van der Waals surface area contributed by atoms with E-state index in [4.69, 9.17) is 11.6 Å². The second-order valence-electron chi connectivity index (χ2n) is 4.80. The first-order valence-corrected chi connectivity index (χ1v) is 6.12. The summed E-state index contributed by atoms with van der Waals surface area (Å²) in [5, 5.41) is 10.5. The minimum Gasteiger partial charge on any atom is -0.390 e. The van der Waals surface area contributed by atoms with Crippen LogP contribution in [0.25, 0.3) is 0 Å². The zero-order valence-corrected chi connectivity index (χ0v) is 10.6. The van der Waals surface area contributed by atoms with Gasteiger partial charge < -0.3 is 10.0 Å². The maximum Gasteiger partial charge on any atom is 0.152 e. The summed E-state index contributed by atoms with van der Waals surface area (Å²) < 4.78 is 0. The number of carbonyl (C=O) groups excluding carboxylic acids is 1. The number of aliphatic hydroxyl groups is 1. The predicted octanol–water partition coefficient (Wildman–Crippen LogP) is 2.50. The van der Waals surface area contributed by atoms with Crippen LogP contribution in [0.5, 0.6) is 0 Å². The maximum absolute atomic E-state index is 11.0. The topological polar surface area (TPSA) is 40.5 Å². The number of carbonyl (C=O) groups is 1. The lowest BCUT2D eigenvalue weighted by atomic mass is 9.93. The highest BCUT2D eigenvalue weighted by atomic mass is 35.5. The second-order valence-corrected chi connectivity index (χ2v) is 5.24. The molecule has 0 aliphatic carbocycles. The number of halogens is 1. The molecule has 0 bridgehead atoms. The molecule has 0 aromatic heterocycles. The number of hydrogen-bond acceptors (Lipinski definition) is 3. The van der Waals surface area contributed by atoms with Gasteiger partial charge in [0.25, 0.3) is 0 Å². The minimum atomic E-state index is -0.587. The molecule has 0 spiro atoms. The van der Waals surface area contributed by atoms with Crippen molar-refractivity contribution in [2.45, 2.75) is 25.4 Å². The van der Waals surface area contributed by atoms with E-state index in [-0.39, 0.29) is 0 Å². The third-order valence-electron chi connectivity index (χ3n) is 3.30. The Hall–Kier alpha value is -1.06. The number of piperidine rings is 1. The van der Waals surface area contributed by atoms with Gasteiger partial charge in [-0.05, 0) is 38.0 Å². The molecule has 0 amide bonds. The van der Waals surface area contributed by atoms with Crippen molar-refractivity contribution in [3.05, 3.63) is 28.8 Å². The van der Waals surface area contributed by atoms with Gasteiger partial charge in [0.05, 0.1) is 5.60 Å². The van der Waals surface area contributed by atoms with Gasteiger partial charge in [-0.1, -0.05) is 11.6 Å². The van der Waals surface area contributed by atoms with Gasteiger partial charge in [-0.3, -0.25) is 4.79 Å². The van der Waals surface area contributed by atoms with Crippen LogP contribution >= 0.6 is 11.6 Å². The van der Waals surface area contributed by atoms with E-state index in [2.05, 4.69) is 4.90 Å². The summed E-state index contributed by atoms with van der Waals surface area (Å²) in [6, 6.07) is 5.26. The Morgan fingerprint density at radius 1 is 1.41 bits per heavy atom. The molecule has 1 saturated heterocycles. The Morgan fingerprint density at radius 3 is 2.65 bits per heavy atom. The number of aldehydes is 1. The maximum atomic E-state index is 11.0. The number of nitrogens with zero attached hydrogens (tertiary/aromatic N) is 1. The van der Waals surface area contributed by atoms with Crippen molar-refractivity contribution in [1.29, 1.82) is 0 Å². The fourth-order valence-electron chi connectivity index (χ4n) is 2.12. The van der Waals surface area contributed by atoms with Gasteiger partial charge in [-0.25, -0.2) is 0 Å². The summed E-state index contributed by atoms with van der Waals surface area (Å²) in [5.41, 5.74) is 0.926. The van der Waals surface area contributed by atoms with Crippen LogP contribution in [0.4, 0.5) is 5.69 Å². The normalized spacial score (nSPS) is 19.1. The SMILES string of the molecule is CC1(O)CCN(c2cc(Cl)ccc2C=O)CC1. The molecule has 1 aromatic rings. The average Bonchev–Trinajstić information content (AvgIpc) is 2.29. The van der Waals surface area contributed by atoms with E-state index < -0.39 is 5.60 Å². The molecular formula is C13H16ClNO2. The van der Waals surface area contributed by atoms with Gasteiger partial charge in [0.2, 0.25) is 0 Å². The molecule has 1 heterocycles. The van der Waals surface area contributed by atoms with Crippen LogP contribution in [-0.2, 0) is 0 Å².